The number of rotatable bonds is 1. The van der Waals surface area contributed by atoms with E-state index in [0.29, 0.717) is 0 Å². The van der Waals surface area contributed by atoms with Crippen LogP contribution in [0.1, 0.15) is 11.5 Å². The van der Waals surface area contributed by atoms with Crippen molar-refractivity contribution in [1.82, 2.24) is 15.1 Å². The van der Waals surface area contributed by atoms with Crippen molar-refractivity contribution in [1.29, 1.82) is 0 Å². The lowest BCUT2D eigenvalue weighted by Gasteiger charge is -2.05. The fourth-order valence-corrected chi connectivity index (χ4v) is 1.13. The molecule has 0 aliphatic carbocycles. The molecule has 7 heteroatoms. The molecule has 0 aliphatic rings. The fourth-order valence-electron chi connectivity index (χ4n) is 1.13. The Bertz CT molecular complexity index is 507. The van der Waals surface area contributed by atoms with Crippen LogP contribution in [-0.2, 0) is 6.18 Å². The van der Waals surface area contributed by atoms with Gasteiger partial charge in [-0.15, -0.1) is 0 Å². The smallest absolute Gasteiger partial charge is 0.339 e. The van der Waals surface area contributed by atoms with E-state index in [1.807, 2.05) is 0 Å². The second-order valence-electron chi connectivity index (χ2n) is 3.10. The zero-order valence-electron chi connectivity index (χ0n) is 8.12. The topological polar surface area (TPSA) is 51.8 Å². The van der Waals surface area contributed by atoms with Gasteiger partial charge in [-0.25, -0.2) is 0 Å². The lowest BCUT2D eigenvalue weighted by Crippen LogP contribution is -2.05. The van der Waals surface area contributed by atoms with Crippen LogP contribution in [-0.4, -0.2) is 15.1 Å². The van der Waals surface area contributed by atoms with Gasteiger partial charge in [0.1, 0.15) is 0 Å². The van der Waals surface area contributed by atoms with Gasteiger partial charge in [0.25, 0.3) is 0 Å². The van der Waals surface area contributed by atoms with Gasteiger partial charge >= 0.3 is 6.18 Å². The van der Waals surface area contributed by atoms with Crippen LogP contribution in [0.25, 0.3) is 11.4 Å². The molecule has 16 heavy (non-hydrogen) atoms. The van der Waals surface area contributed by atoms with Crippen molar-refractivity contribution in [2.45, 2.75) is 13.1 Å². The van der Waals surface area contributed by atoms with Gasteiger partial charge in [-0.1, -0.05) is 5.16 Å². The molecule has 4 nitrogen and oxygen atoms in total. The second kappa shape index (κ2) is 3.58. The van der Waals surface area contributed by atoms with Crippen LogP contribution in [0.2, 0.25) is 0 Å². The van der Waals surface area contributed by atoms with Crippen molar-refractivity contribution >= 4 is 0 Å². The Balaban J connectivity index is 2.44. The zero-order valence-corrected chi connectivity index (χ0v) is 8.12. The van der Waals surface area contributed by atoms with Crippen molar-refractivity contribution in [2.75, 3.05) is 0 Å². The monoisotopic (exact) mass is 229 g/mol. The minimum absolute atomic E-state index is 0.0936. The summed E-state index contributed by atoms with van der Waals surface area (Å²) in [5.41, 5.74) is -0.667. The summed E-state index contributed by atoms with van der Waals surface area (Å²) in [6.07, 6.45) is -2.43. The fraction of sp³-hybridized carbons (Fsp3) is 0.222. The van der Waals surface area contributed by atoms with E-state index in [0.717, 1.165) is 12.3 Å². The number of pyridine rings is 1. The maximum Gasteiger partial charge on any atom is 0.417 e. The summed E-state index contributed by atoms with van der Waals surface area (Å²) >= 11 is 0. The first-order valence-electron chi connectivity index (χ1n) is 4.30. The molecule has 2 aromatic heterocycles. The SMILES string of the molecule is Cc1nc(-c2cncc(C(F)(F)F)c2)no1. The summed E-state index contributed by atoms with van der Waals surface area (Å²) in [7, 11) is 0. The van der Waals surface area contributed by atoms with Gasteiger partial charge in [-0.3, -0.25) is 4.98 Å². The predicted octanol–water partition coefficient (Wildman–Crippen LogP) is 2.46. The summed E-state index contributed by atoms with van der Waals surface area (Å²) in [4.78, 5) is 7.31. The molecule has 2 rings (SSSR count). The van der Waals surface area contributed by atoms with Crippen LogP contribution in [0.3, 0.4) is 0 Å². The van der Waals surface area contributed by atoms with Gasteiger partial charge in [-0.05, 0) is 6.07 Å². The highest BCUT2D eigenvalue weighted by molar-refractivity contribution is 5.53. The summed E-state index contributed by atoms with van der Waals surface area (Å²) in [6.45, 7) is 1.55. The van der Waals surface area contributed by atoms with E-state index in [4.69, 9.17) is 0 Å². The number of aryl methyl sites for hydroxylation is 1. The molecule has 0 aromatic carbocycles. The van der Waals surface area contributed by atoms with Crippen LogP contribution in [0, 0.1) is 6.92 Å². The first-order chi connectivity index (χ1) is 7.47. The molecule has 0 unspecified atom stereocenters. The number of halogens is 3. The van der Waals surface area contributed by atoms with Gasteiger partial charge in [0.05, 0.1) is 5.56 Å². The average Bonchev–Trinajstić information content (AvgIpc) is 2.64. The molecule has 0 saturated heterocycles. The third-order valence-electron chi connectivity index (χ3n) is 1.85. The standard InChI is InChI=1S/C9H6F3N3O/c1-5-14-8(15-16-5)6-2-7(4-13-3-6)9(10,11)12/h2-4H,1H3. The Labute approximate surface area is 88.1 Å². The molecule has 2 aromatic rings. The molecule has 0 aliphatic heterocycles. The molecule has 0 bridgehead atoms. The van der Waals surface area contributed by atoms with Crippen LogP contribution in [0.15, 0.2) is 23.0 Å². The van der Waals surface area contributed by atoms with Gasteiger partial charge in [0.15, 0.2) is 0 Å². The molecule has 0 atom stereocenters. The highest BCUT2D eigenvalue weighted by Gasteiger charge is 2.31. The van der Waals surface area contributed by atoms with E-state index in [9.17, 15) is 13.2 Å². The minimum atomic E-state index is -4.43. The molecule has 0 amide bonds. The summed E-state index contributed by atoms with van der Waals surface area (Å²) in [5.74, 6) is 0.378. The van der Waals surface area contributed by atoms with Crippen LogP contribution >= 0.6 is 0 Å². The normalized spacial score (nSPS) is 11.8. The number of hydrogen-bond donors (Lipinski definition) is 0. The largest absolute Gasteiger partial charge is 0.417 e. The lowest BCUT2D eigenvalue weighted by atomic mass is 10.2. The van der Waals surface area contributed by atoms with Gasteiger partial charge in [0.2, 0.25) is 11.7 Å². The third kappa shape index (κ3) is 2.02. The summed E-state index contributed by atoms with van der Waals surface area (Å²) in [5, 5.41) is 3.52. The van der Waals surface area contributed by atoms with Crippen LogP contribution in [0.5, 0.6) is 0 Å². The number of nitrogens with zero attached hydrogens (tertiary/aromatic N) is 3. The highest BCUT2D eigenvalue weighted by Crippen LogP contribution is 2.30. The molecular weight excluding hydrogens is 223 g/mol. The van der Waals surface area contributed by atoms with Crippen LogP contribution in [0.4, 0.5) is 13.2 Å². The minimum Gasteiger partial charge on any atom is -0.339 e. The maximum absolute atomic E-state index is 12.4. The molecule has 2 heterocycles. The van der Waals surface area contributed by atoms with E-state index in [2.05, 4.69) is 19.6 Å². The van der Waals surface area contributed by atoms with Crippen molar-refractivity contribution in [2.24, 2.45) is 0 Å². The van der Waals surface area contributed by atoms with Gasteiger partial charge in [0, 0.05) is 24.9 Å². The highest BCUT2D eigenvalue weighted by atomic mass is 19.4. The molecule has 0 fully saturated rings. The molecule has 0 spiro atoms. The zero-order chi connectivity index (χ0) is 11.8. The Morgan fingerprint density at radius 3 is 2.56 bits per heavy atom. The Kier molecular flexibility index (Phi) is 2.37. The van der Waals surface area contributed by atoms with Crippen LogP contribution < -0.4 is 0 Å². The van der Waals surface area contributed by atoms with E-state index >= 15 is 0 Å². The van der Waals surface area contributed by atoms with Crippen molar-refractivity contribution in [3.63, 3.8) is 0 Å². The number of alkyl halides is 3. The summed E-state index contributed by atoms with van der Waals surface area (Å²) in [6, 6.07) is 0.928. The summed E-state index contributed by atoms with van der Waals surface area (Å²) < 4.78 is 41.8. The van der Waals surface area contributed by atoms with Crippen molar-refractivity contribution in [3.8, 4) is 11.4 Å². The first kappa shape index (κ1) is 10.6. The quantitative estimate of drug-likeness (QED) is 0.753. The van der Waals surface area contributed by atoms with E-state index in [1.54, 1.807) is 6.92 Å². The molecule has 0 saturated carbocycles. The molecule has 84 valence electrons. The number of aromatic nitrogens is 3. The molecule has 0 radical (unpaired) electrons. The first-order valence-corrected chi connectivity index (χ1v) is 4.30. The lowest BCUT2D eigenvalue weighted by molar-refractivity contribution is -0.137. The van der Waals surface area contributed by atoms with E-state index in [-0.39, 0.29) is 17.3 Å². The maximum atomic E-state index is 12.4. The Hall–Kier alpha value is -1.92. The number of hydrogen-bond acceptors (Lipinski definition) is 4. The predicted molar refractivity (Wildman–Crippen MR) is 47.3 cm³/mol. The third-order valence-corrected chi connectivity index (χ3v) is 1.85. The van der Waals surface area contributed by atoms with Gasteiger partial charge in [-0.2, -0.15) is 18.2 Å². The van der Waals surface area contributed by atoms with Gasteiger partial charge < -0.3 is 4.52 Å². The second-order valence-corrected chi connectivity index (χ2v) is 3.10. The Morgan fingerprint density at radius 2 is 2.00 bits per heavy atom. The van der Waals surface area contributed by atoms with Crippen molar-refractivity contribution < 1.29 is 17.7 Å². The molecular formula is C9H6F3N3O. The van der Waals surface area contributed by atoms with E-state index < -0.39 is 11.7 Å². The molecule has 0 N–H and O–H groups in total. The Morgan fingerprint density at radius 1 is 1.25 bits per heavy atom. The average molecular weight is 229 g/mol. The van der Waals surface area contributed by atoms with Crippen molar-refractivity contribution in [3.05, 3.63) is 29.9 Å². The van der Waals surface area contributed by atoms with E-state index in [1.165, 1.54) is 6.20 Å².